The first-order valence-electron chi connectivity index (χ1n) is 9.85. The van der Waals surface area contributed by atoms with Crippen LogP contribution in [0.15, 0.2) is 48.5 Å². The average Bonchev–Trinajstić information content (AvgIpc) is 3.54. The Kier molecular flexibility index (Phi) is 6.11. The van der Waals surface area contributed by atoms with Crippen molar-refractivity contribution in [1.29, 1.82) is 5.26 Å². The predicted octanol–water partition coefficient (Wildman–Crippen LogP) is 2.85. The topological polar surface area (TPSA) is 69.5 Å². The van der Waals surface area contributed by atoms with Crippen molar-refractivity contribution in [3.8, 4) is 6.07 Å². The maximum atomic E-state index is 13.8. The van der Waals surface area contributed by atoms with Gasteiger partial charge in [0.05, 0.1) is 6.07 Å². The lowest BCUT2D eigenvalue weighted by molar-refractivity contribution is -0.676. The zero-order valence-corrected chi connectivity index (χ0v) is 16.4. The molecule has 0 unspecified atom stereocenters. The van der Waals surface area contributed by atoms with Crippen LogP contribution in [-0.4, -0.2) is 18.0 Å². The number of nitrogens with zero attached hydrogens (tertiary/aromatic N) is 1. The first kappa shape index (κ1) is 20.0. The van der Waals surface area contributed by atoms with Crippen LogP contribution in [0.5, 0.6) is 0 Å². The molecular weight excluding hydrogens is 353 g/mol. The standard InChI is InChI=1S/C23H26FN3O/c1-3-16-7-9-17(10-8-16)22(18-5-4-6-20(24)13-18)26-14-21(28)27-23(2,15-25)19-11-12-19/h4-10,13,19,22,26H,3,11-12,14H2,1-2H3,(H,27,28)/p+1/t22-,23+/m1/s1. The van der Waals surface area contributed by atoms with Crippen LogP contribution in [0, 0.1) is 23.1 Å². The lowest BCUT2D eigenvalue weighted by atomic mass is 9.96. The van der Waals surface area contributed by atoms with Crippen molar-refractivity contribution in [3.63, 3.8) is 0 Å². The molecule has 1 saturated carbocycles. The van der Waals surface area contributed by atoms with Gasteiger partial charge in [0, 0.05) is 11.1 Å². The van der Waals surface area contributed by atoms with Crippen LogP contribution in [0.3, 0.4) is 0 Å². The summed E-state index contributed by atoms with van der Waals surface area (Å²) in [6.07, 6.45) is 2.90. The smallest absolute Gasteiger partial charge is 0.276 e. The van der Waals surface area contributed by atoms with Gasteiger partial charge in [-0.2, -0.15) is 5.26 Å². The molecule has 0 bridgehead atoms. The van der Waals surface area contributed by atoms with E-state index in [1.807, 2.05) is 23.5 Å². The summed E-state index contributed by atoms with van der Waals surface area (Å²) in [5.41, 5.74) is 2.25. The fourth-order valence-corrected chi connectivity index (χ4v) is 3.57. The number of quaternary nitrogens is 1. The van der Waals surface area contributed by atoms with E-state index in [1.54, 1.807) is 13.0 Å². The molecule has 3 N–H and O–H groups in total. The highest BCUT2D eigenvalue weighted by atomic mass is 19.1. The van der Waals surface area contributed by atoms with Gasteiger partial charge in [0.2, 0.25) is 0 Å². The van der Waals surface area contributed by atoms with E-state index in [0.717, 1.165) is 30.4 Å². The van der Waals surface area contributed by atoms with Gasteiger partial charge < -0.3 is 10.6 Å². The molecule has 2 atom stereocenters. The first-order valence-corrected chi connectivity index (χ1v) is 9.85. The van der Waals surface area contributed by atoms with Gasteiger partial charge >= 0.3 is 0 Å². The molecule has 1 amide bonds. The molecule has 0 aromatic heterocycles. The van der Waals surface area contributed by atoms with Crippen molar-refractivity contribution in [2.45, 2.75) is 44.7 Å². The number of aryl methyl sites for hydroxylation is 1. The maximum Gasteiger partial charge on any atom is 0.276 e. The van der Waals surface area contributed by atoms with Gasteiger partial charge in [-0.3, -0.25) is 4.79 Å². The molecule has 5 heteroatoms. The summed E-state index contributed by atoms with van der Waals surface area (Å²) in [5, 5.41) is 14.2. The number of amides is 1. The monoisotopic (exact) mass is 380 g/mol. The number of rotatable bonds is 8. The van der Waals surface area contributed by atoms with E-state index >= 15 is 0 Å². The Hall–Kier alpha value is -2.71. The maximum absolute atomic E-state index is 13.8. The Labute approximate surface area is 165 Å². The minimum absolute atomic E-state index is 0.167. The van der Waals surface area contributed by atoms with Crippen molar-refractivity contribution < 1.29 is 14.5 Å². The van der Waals surface area contributed by atoms with Gasteiger partial charge in [0.15, 0.2) is 6.54 Å². The van der Waals surface area contributed by atoms with Crippen LogP contribution >= 0.6 is 0 Å². The molecule has 146 valence electrons. The van der Waals surface area contributed by atoms with Crippen molar-refractivity contribution in [1.82, 2.24) is 5.32 Å². The zero-order valence-electron chi connectivity index (χ0n) is 16.4. The second kappa shape index (κ2) is 8.53. The Morgan fingerprint density at radius 2 is 2.00 bits per heavy atom. The fraction of sp³-hybridized carbons (Fsp3) is 0.391. The van der Waals surface area contributed by atoms with Gasteiger partial charge in [0.1, 0.15) is 17.4 Å². The lowest BCUT2D eigenvalue weighted by Gasteiger charge is -2.23. The van der Waals surface area contributed by atoms with E-state index in [4.69, 9.17) is 0 Å². The van der Waals surface area contributed by atoms with E-state index in [1.165, 1.54) is 17.7 Å². The highest BCUT2D eigenvalue weighted by Gasteiger charge is 2.43. The predicted molar refractivity (Wildman–Crippen MR) is 106 cm³/mol. The van der Waals surface area contributed by atoms with Gasteiger partial charge in [-0.15, -0.1) is 0 Å². The van der Waals surface area contributed by atoms with E-state index in [-0.39, 0.29) is 30.2 Å². The summed E-state index contributed by atoms with van der Waals surface area (Å²) < 4.78 is 13.8. The summed E-state index contributed by atoms with van der Waals surface area (Å²) in [6.45, 7) is 4.05. The minimum atomic E-state index is -0.804. The highest BCUT2D eigenvalue weighted by Crippen LogP contribution is 2.39. The quantitative estimate of drug-likeness (QED) is 0.739. The van der Waals surface area contributed by atoms with Crippen molar-refractivity contribution >= 4 is 5.91 Å². The average molecular weight is 380 g/mol. The van der Waals surface area contributed by atoms with Gasteiger partial charge in [-0.25, -0.2) is 4.39 Å². The molecule has 0 saturated heterocycles. The van der Waals surface area contributed by atoms with Gasteiger partial charge in [-0.05, 0) is 49.8 Å². The molecule has 0 spiro atoms. The Morgan fingerprint density at radius 3 is 2.57 bits per heavy atom. The first-order chi connectivity index (χ1) is 13.4. The SMILES string of the molecule is CCc1ccc([C@@H]([NH2+]CC(=O)N[C@@](C)(C#N)C2CC2)c2cccc(F)c2)cc1. The normalized spacial score (nSPS) is 16.6. The van der Waals surface area contributed by atoms with Crippen molar-refractivity contribution in [3.05, 3.63) is 71.0 Å². The third-order valence-corrected chi connectivity index (χ3v) is 5.52. The van der Waals surface area contributed by atoms with Crippen molar-refractivity contribution in [2.24, 2.45) is 5.92 Å². The van der Waals surface area contributed by atoms with E-state index in [2.05, 4.69) is 30.4 Å². The van der Waals surface area contributed by atoms with Gasteiger partial charge in [-0.1, -0.05) is 43.3 Å². The van der Waals surface area contributed by atoms with E-state index < -0.39 is 5.54 Å². The molecule has 0 heterocycles. The minimum Gasteiger partial charge on any atom is -0.333 e. The molecule has 1 fully saturated rings. The Morgan fingerprint density at radius 1 is 1.29 bits per heavy atom. The number of nitrogens with one attached hydrogen (secondary N) is 1. The number of benzene rings is 2. The molecule has 0 aliphatic heterocycles. The van der Waals surface area contributed by atoms with Crippen LogP contribution in [0.2, 0.25) is 0 Å². The number of carbonyl (C=O) groups is 1. The molecule has 2 aromatic rings. The number of halogens is 1. The van der Waals surface area contributed by atoms with Crippen molar-refractivity contribution in [2.75, 3.05) is 6.54 Å². The highest BCUT2D eigenvalue weighted by molar-refractivity contribution is 5.78. The number of carbonyl (C=O) groups excluding carboxylic acids is 1. The molecule has 0 radical (unpaired) electrons. The number of nitriles is 1. The van der Waals surface area contributed by atoms with E-state index in [0.29, 0.717) is 0 Å². The molecule has 28 heavy (non-hydrogen) atoms. The third kappa shape index (κ3) is 4.76. The number of hydrogen-bond donors (Lipinski definition) is 2. The Balaban J connectivity index is 1.75. The van der Waals surface area contributed by atoms with Crippen LogP contribution in [0.25, 0.3) is 0 Å². The molecule has 2 aromatic carbocycles. The van der Waals surface area contributed by atoms with Gasteiger partial charge in [0.25, 0.3) is 5.91 Å². The summed E-state index contributed by atoms with van der Waals surface area (Å²) >= 11 is 0. The number of hydrogen-bond acceptors (Lipinski definition) is 2. The third-order valence-electron chi connectivity index (χ3n) is 5.52. The molecular formula is C23H27FN3O+. The summed E-state index contributed by atoms with van der Waals surface area (Å²) in [7, 11) is 0. The fourth-order valence-electron chi connectivity index (χ4n) is 3.57. The summed E-state index contributed by atoms with van der Waals surface area (Å²) in [6, 6.07) is 16.7. The zero-order chi connectivity index (χ0) is 20.1. The summed E-state index contributed by atoms with van der Waals surface area (Å²) in [4.78, 5) is 12.5. The molecule has 1 aliphatic rings. The van der Waals surface area contributed by atoms with Crippen LogP contribution in [-0.2, 0) is 11.2 Å². The molecule has 4 nitrogen and oxygen atoms in total. The largest absolute Gasteiger partial charge is 0.333 e. The Bertz CT molecular complexity index is 870. The molecule has 1 aliphatic carbocycles. The second-order valence-electron chi connectivity index (χ2n) is 7.70. The van der Waals surface area contributed by atoms with Crippen LogP contribution in [0.4, 0.5) is 4.39 Å². The second-order valence-corrected chi connectivity index (χ2v) is 7.70. The number of nitrogens with two attached hydrogens (primary N) is 1. The van der Waals surface area contributed by atoms with Crippen LogP contribution in [0.1, 0.15) is 49.4 Å². The van der Waals surface area contributed by atoms with Crippen LogP contribution < -0.4 is 10.6 Å². The van der Waals surface area contributed by atoms with E-state index in [9.17, 15) is 14.4 Å². The lowest BCUT2D eigenvalue weighted by Crippen LogP contribution is -2.88. The summed E-state index contributed by atoms with van der Waals surface area (Å²) in [5.74, 6) is -0.235. The molecule has 3 rings (SSSR count).